The molecule has 0 spiro atoms. The average Bonchev–Trinajstić information content (AvgIpc) is 2.70. The van der Waals surface area contributed by atoms with Gasteiger partial charge < -0.3 is 0 Å². The van der Waals surface area contributed by atoms with Crippen LogP contribution < -0.4 is 14.6 Å². The van der Waals surface area contributed by atoms with Gasteiger partial charge in [-0.05, 0) is 0 Å². The quantitative estimate of drug-likeness (QED) is 0.121. The van der Waals surface area contributed by atoms with Crippen LogP contribution in [0.2, 0.25) is 0 Å². The van der Waals surface area contributed by atoms with E-state index in [1.807, 2.05) is 6.92 Å². The van der Waals surface area contributed by atoms with Crippen molar-refractivity contribution in [3.63, 3.8) is 0 Å². The molecule has 0 fully saturated rings. The molecule has 0 heterocycles. The predicted octanol–water partition coefficient (Wildman–Crippen LogP) is 2.21. The van der Waals surface area contributed by atoms with Gasteiger partial charge in [0.05, 0.1) is 0 Å². The van der Waals surface area contributed by atoms with Crippen molar-refractivity contribution >= 4 is 41.7 Å². The topological polar surface area (TPSA) is 125 Å². The zero-order valence-corrected chi connectivity index (χ0v) is 19.4. The maximum absolute atomic E-state index is 12.9. The van der Waals surface area contributed by atoms with Gasteiger partial charge in [-0.15, -0.1) is 0 Å². The van der Waals surface area contributed by atoms with Crippen LogP contribution in [0, 0.1) is 0 Å². The third-order valence-electron chi connectivity index (χ3n) is 4.21. The second-order valence-corrected chi connectivity index (χ2v) is 10.3. The van der Waals surface area contributed by atoms with E-state index in [9.17, 15) is 17.4 Å². The van der Waals surface area contributed by atoms with Crippen molar-refractivity contribution < 1.29 is 31.3 Å². The van der Waals surface area contributed by atoms with Crippen molar-refractivity contribution in [3.05, 3.63) is 30.9 Å². The van der Waals surface area contributed by atoms with Crippen molar-refractivity contribution in [1.29, 1.82) is 0 Å². The number of benzene rings is 1. The Labute approximate surface area is 180 Å². The summed E-state index contributed by atoms with van der Waals surface area (Å²) in [6.07, 6.45) is 5.64. The summed E-state index contributed by atoms with van der Waals surface area (Å²) in [7, 11) is 0. The molecule has 0 aliphatic rings. The van der Waals surface area contributed by atoms with E-state index in [2.05, 4.69) is 15.8 Å². The molecule has 1 unspecified atom stereocenters. The maximum atomic E-state index is 12.9. The summed E-state index contributed by atoms with van der Waals surface area (Å²) in [5.41, 5.74) is 0.425. The monoisotopic (exact) mass is 486 g/mol. The minimum absolute atomic E-state index is 0.0861. The van der Waals surface area contributed by atoms with Crippen LogP contribution in [0.5, 0.6) is 0 Å². The number of rotatable bonds is 14. The van der Waals surface area contributed by atoms with Crippen LogP contribution in [0.3, 0.4) is 0 Å². The number of unbranched alkanes of at least 4 members (excludes halogenated alkanes) is 3. The Morgan fingerprint density at radius 3 is 2.63 bits per heavy atom. The minimum atomic E-state index is -5.31. The number of nitrogens with one attached hydrogen (secondary N) is 1. The second kappa shape index (κ2) is 13.4. The van der Waals surface area contributed by atoms with Crippen LogP contribution in [-0.4, -0.2) is 55.1 Å². The molecule has 1 rings (SSSR count). The Morgan fingerprint density at radius 1 is 1.30 bits per heavy atom. The fourth-order valence-electron chi connectivity index (χ4n) is 2.73. The number of carbonyl (C=O) groups is 2. The molecule has 168 valence electrons. The van der Waals surface area contributed by atoms with E-state index in [4.69, 9.17) is 9.99 Å². The molecule has 3 N–H and O–H groups in total. The van der Waals surface area contributed by atoms with Gasteiger partial charge in [0.1, 0.15) is 0 Å². The number of allylic oxidation sites excluding steroid dienone is 1. The molecule has 1 atom stereocenters. The van der Waals surface area contributed by atoms with E-state index in [1.54, 1.807) is 6.08 Å². The molecule has 10 heteroatoms. The number of carbonyl (C=O) groups excluding carboxylic acids is 2. The zero-order chi connectivity index (χ0) is 22.6. The van der Waals surface area contributed by atoms with E-state index in [1.165, 1.54) is 30.0 Å². The SMILES string of the molecule is C=CCCCCN(C(=O)COCCCC)c1cc(NC(C)=O)ccc1[As](=O)(O)OO. The first kappa shape index (κ1) is 26.1. The van der Waals surface area contributed by atoms with Gasteiger partial charge in [-0.1, -0.05) is 0 Å². The average molecular weight is 486 g/mol. The van der Waals surface area contributed by atoms with Crippen molar-refractivity contribution in [2.24, 2.45) is 0 Å². The first-order valence-electron chi connectivity index (χ1n) is 9.84. The summed E-state index contributed by atoms with van der Waals surface area (Å²) in [5, 5.41) is 11.5. The van der Waals surface area contributed by atoms with Crippen molar-refractivity contribution in [3.8, 4) is 0 Å². The van der Waals surface area contributed by atoms with Gasteiger partial charge >= 0.3 is 180 Å². The van der Waals surface area contributed by atoms with Gasteiger partial charge in [-0.25, -0.2) is 0 Å². The van der Waals surface area contributed by atoms with Gasteiger partial charge in [-0.2, -0.15) is 0 Å². The van der Waals surface area contributed by atoms with Crippen molar-refractivity contribution in [2.45, 2.75) is 46.0 Å². The number of anilines is 2. The fraction of sp³-hybridized carbons (Fsp3) is 0.500. The summed E-state index contributed by atoms with van der Waals surface area (Å²) in [5.74, 6) is -0.740. The third-order valence-corrected chi connectivity index (χ3v) is 6.75. The van der Waals surface area contributed by atoms with E-state index < -0.39 is 20.1 Å². The summed E-state index contributed by atoms with van der Waals surface area (Å²) >= 11 is -5.31. The molecule has 0 saturated heterocycles. The molecule has 2 amide bonds. The summed E-state index contributed by atoms with van der Waals surface area (Å²) < 4.78 is 31.6. The summed E-state index contributed by atoms with van der Waals surface area (Å²) in [4.78, 5) is 25.7. The van der Waals surface area contributed by atoms with E-state index in [0.29, 0.717) is 18.7 Å². The van der Waals surface area contributed by atoms with Crippen molar-refractivity contribution in [1.82, 2.24) is 0 Å². The van der Waals surface area contributed by atoms with Crippen LogP contribution >= 0.6 is 0 Å². The molecule has 0 bridgehead atoms. The molecule has 0 aliphatic carbocycles. The van der Waals surface area contributed by atoms with Crippen LogP contribution in [0.25, 0.3) is 0 Å². The Morgan fingerprint density at radius 2 is 2.03 bits per heavy atom. The Balaban J connectivity index is 3.30. The van der Waals surface area contributed by atoms with Gasteiger partial charge in [0, 0.05) is 0 Å². The molecule has 1 aromatic rings. The number of amides is 2. The standard InChI is InChI=1S/C20H31AsN2O7/c1-4-6-8-9-12-23(20(25)15-29-13-7-5-2)19-14-17(22-16(3)24)10-11-18(19)21(26,27)30-28/h4,10-11,14,28H,1,5-9,12-13,15H2,2-3H3,(H,22,24)(H,26,27). The number of hydrogen-bond donors (Lipinski definition) is 3. The molecule has 0 aromatic heterocycles. The normalized spacial score (nSPS) is 12.8. The molecular weight excluding hydrogens is 455 g/mol. The van der Waals surface area contributed by atoms with Crippen LogP contribution in [0.15, 0.2) is 30.9 Å². The molecular formula is C20H31AsN2O7. The molecule has 0 aliphatic heterocycles. The van der Waals surface area contributed by atoms with Gasteiger partial charge in [0.25, 0.3) is 0 Å². The zero-order valence-electron chi connectivity index (χ0n) is 17.5. The number of ether oxygens (including phenoxy) is 1. The van der Waals surface area contributed by atoms with Gasteiger partial charge in [0.15, 0.2) is 0 Å². The number of hydrogen-bond acceptors (Lipinski definition) is 6. The van der Waals surface area contributed by atoms with Crippen LogP contribution in [0.4, 0.5) is 11.4 Å². The van der Waals surface area contributed by atoms with E-state index >= 15 is 0 Å². The summed E-state index contributed by atoms with van der Waals surface area (Å²) in [6.45, 7) is 7.48. The molecule has 30 heavy (non-hydrogen) atoms. The number of nitrogens with zero attached hydrogens (tertiary/aromatic N) is 1. The predicted molar refractivity (Wildman–Crippen MR) is 115 cm³/mol. The summed E-state index contributed by atoms with van der Waals surface area (Å²) in [6, 6.07) is 4.08. The Bertz CT molecular complexity index is 770. The molecule has 0 saturated carbocycles. The first-order chi connectivity index (χ1) is 14.3. The molecule has 1 aromatic carbocycles. The van der Waals surface area contributed by atoms with Gasteiger partial charge in [-0.3, -0.25) is 0 Å². The molecule has 9 nitrogen and oxygen atoms in total. The Hall–Kier alpha value is -1.90. The Kier molecular flexibility index (Phi) is 11.7. The molecule has 0 radical (unpaired) electrons. The first-order valence-corrected chi connectivity index (χ1v) is 13.1. The van der Waals surface area contributed by atoms with E-state index in [-0.39, 0.29) is 29.1 Å². The third kappa shape index (κ3) is 8.45. The van der Waals surface area contributed by atoms with Crippen LogP contribution in [0.1, 0.15) is 46.0 Å². The fourth-order valence-corrected chi connectivity index (χ4v) is 4.46. The van der Waals surface area contributed by atoms with E-state index in [0.717, 1.165) is 25.7 Å². The second-order valence-electron chi connectivity index (χ2n) is 6.72. The van der Waals surface area contributed by atoms with Crippen molar-refractivity contribution in [2.75, 3.05) is 30.0 Å². The van der Waals surface area contributed by atoms with Crippen LogP contribution in [-0.2, 0) is 21.9 Å². The van der Waals surface area contributed by atoms with Gasteiger partial charge in [0.2, 0.25) is 0 Å².